The summed E-state index contributed by atoms with van der Waals surface area (Å²) in [5.41, 5.74) is 5.94. The highest BCUT2D eigenvalue weighted by atomic mass is 79.9. The van der Waals surface area contributed by atoms with Crippen molar-refractivity contribution in [1.82, 2.24) is 10.9 Å². The van der Waals surface area contributed by atoms with Crippen molar-refractivity contribution in [2.75, 3.05) is 40.3 Å². The van der Waals surface area contributed by atoms with Crippen molar-refractivity contribution >= 4 is 37.6 Å². The van der Waals surface area contributed by atoms with E-state index in [1.54, 1.807) is 54.6 Å². The summed E-state index contributed by atoms with van der Waals surface area (Å²) in [5, 5.41) is 9.09. The van der Waals surface area contributed by atoms with E-state index in [1.807, 2.05) is 24.3 Å². The number of benzene rings is 4. The fraction of sp³-hybridized carbons (Fsp3) is 0.297. The number of aliphatic hydroxyl groups excluding tert-OH is 1. The molecule has 0 fully saturated rings. The average Bonchev–Trinajstić information content (AvgIpc) is 3.55. The quantitative estimate of drug-likeness (QED) is 0.0966. The molecule has 2 atom stereocenters. The zero-order chi connectivity index (χ0) is 36.4. The summed E-state index contributed by atoms with van der Waals surface area (Å²) in [6.45, 7) is 0.516. The predicted octanol–water partition coefficient (Wildman–Crippen LogP) is 5.18. The van der Waals surface area contributed by atoms with E-state index in [0.717, 1.165) is 4.47 Å². The predicted molar refractivity (Wildman–Crippen MR) is 195 cm³/mol. The summed E-state index contributed by atoms with van der Waals surface area (Å²) < 4.78 is 56.6. The molecule has 51 heavy (non-hydrogen) atoms. The van der Waals surface area contributed by atoms with Crippen LogP contribution in [0.1, 0.15) is 35.6 Å². The topological polar surface area (TPSA) is 154 Å². The highest BCUT2D eigenvalue weighted by Gasteiger charge is 2.53. The van der Waals surface area contributed by atoms with Gasteiger partial charge in [0.2, 0.25) is 11.6 Å². The Bertz CT molecular complexity index is 1900. The van der Waals surface area contributed by atoms with Gasteiger partial charge in [-0.05, 0) is 71.8 Å². The Morgan fingerprint density at radius 3 is 2.22 bits per heavy atom. The van der Waals surface area contributed by atoms with Crippen LogP contribution in [0.5, 0.6) is 23.0 Å². The minimum atomic E-state index is -3.82. The van der Waals surface area contributed by atoms with E-state index in [2.05, 4.69) is 26.8 Å². The lowest BCUT2D eigenvalue weighted by Crippen LogP contribution is -2.53. The van der Waals surface area contributed by atoms with E-state index in [9.17, 15) is 13.2 Å². The number of amides is 1. The van der Waals surface area contributed by atoms with E-state index in [0.29, 0.717) is 52.7 Å². The molecular formula is C37H40BrN3O9S. The number of sulfone groups is 1. The van der Waals surface area contributed by atoms with Gasteiger partial charge in [0.05, 0.1) is 38.6 Å². The molecule has 14 heteroatoms. The van der Waals surface area contributed by atoms with Crippen molar-refractivity contribution in [3.05, 3.63) is 112 Å². The Morgan fingerprint density at radius 1 is 0.941 bits per heavy atom. The first-order valence-electron chi connectivity index (χ1n) is 16.1. The number of halogens is 1. The Kier molecular flexibility index (Phi) is 12.6. The molecule has 3 N–H and O–H groups in total. The van der Waals surface area contributed by atoms with Crippen LogP contribution in [0.2, 0.25) is 0 Å². The van der Waals surface area contributed by atoms with Gasteiger partial charge in [-0.3, -0.25) is 10.2 Å². The second-order valence-electron chi connectivity index (χ2n) is 11.6. The SMILES string of the molecule is COc1cc(CNNC(=O)[C@@]2(CCS(=O)(=O)c3ccccc3)N=C(c3ccc(OCCCO)cc3)O[C@H]2c2ccc(Br)cc2)cc(OC)c1OC. The maximum Gasteiger partial charge on any atom is 0.266 e. The van der Waals surface area contributed by atoms with Gasteiger partial charge in [0.25, 0.3) is 5.91 Å². The third-order valence-electron chi connectivity index (χ3n) is 8.28. The van der Waals surface area contributed by atoms with Gasteiger partial charge in [-0.1, -0.05) is 46.3 Å². The van der Waals surface area contributed by atoms with Crippen LogP contribution in [-0.4, -0.2) is 71.2 Å². The number of nitrogens with zero attached hydrogens (tertiary/aromatic N) is 1. The first-order valence-corrected chi connectivity index (χ1v) is 18.5. The van der Waals surface area contributed by atoms with E-state index < -0.39 is 27.4 Å². The number of hydrogen-bond acceptors (Lipinski definition) is 11. The van der Waals surface area contributed by atoms with E-state index in [1.165, 1.54) is 33.5 Å². The van der Waals surface area contributed by atoms with Crippen LogP contribution >= 0.6 is 15.9 Å². The molecule has 4 aromatic carbocycles. The zero-order valence-electron chi connectivity index (χ0n) is 28.4. The third-order valence-corrected chi connectivity index (χ3v) is 10.5. The second kappa shape index (κ2) is 17.1. The van der Waals surface area contributed by atoms with Gasteiger partial charge in [-0.15, -0.1) is 0 Å². The van der Waals surface area contributed by atoms with Crippen molar-refractivity contribution in [3.8, 4) is 23.0 Å². The normalized spacial score (nSPS) is 16.9. The second-order valence-corrected chi connectivity index (χ2v) is 14.6. The van der Waals surface area contributed by atoms with Crippen LogP contribution in [0, 0.1) is 0 Å². The lowest BCUT2D eigenvalue weighted by Gasteiger charge is -2.30. The van der Waals surface area contributed by atoms with Gasteiger partial charge in [0, 0.05) is 36.0 Å². The first-order chi connectivity index (χ1) is 24.6. The molecule has 5 rings (SSSR count). The Labute approximate surface area is 305 Å². The highest BCUT2D eigenvalue weighted by molar-refractivity contribution is 9.10. The summed E-state index contributed by atoms with van der Waals surface area (Å²) in [7, 11) is 0.715. The molecule has 0 unspecified atom stereocenters. The Hall–Kier alpha value is -4.63. The number of nitrogens with one attached hydrogen (secondary N) is 2. The van der Waals surface area contributed by atoms with Crippen molar-refractivity contribution < 1.29 is 42.0 Å². The van der Waals surface area contributed by atoms with Gasteiger partial charge >= 0.3 is 0 Å². The summed E-state index contributed by atoms with van der Waals surface area (Å²) in [6.07, 6.45) is -0.701. The summed E-state index contributed by atoms with van der Waals surface area (Å²) in [4.78, 5) is 19.6. The van der Waals surface area contributed by atoms with Crippen LogP contribution < -0.4 is 29.8 Å². The van der Waals surface area contributed by atoms with Gasteiger partial charge in [0.1, 0.15) is 5.75 Å². The van der Waals surface area contributed by atoms with Crippen LogP contribution in [0.3, 0.4) is 0 Å². The molecule has 4 aromatic rings. The molecular weight excluding hydrogens is 742 g/mol. The molecule has 1 heterocycles. The summed E-state index contributed by atoms with van der Waals surface area (Å²) >= 11 is 3.47. The fourth-order valence-corrected chi connectivity index (χ4v) is 7.27. The number of aliphatic imine (C=N–C) groups is 1. The Balaban J connectivity index is 1.51. The van der Waals surface area contributed by atoms with Crippen LogP contribution in [-0.2, 0) is 25.9 Å². The lowest BCUT2D eigenvalue weighted by atomic mass is 9.85. The molecule has 12 nitrogen and oxygen atoms in total. The standard InChI is InChI=1S/C37H40BrN3O9S/c1-46-31-22-25(23-32(47-2)33(31)48-3)24-39-41-36(43)37(18-21-51(44,45)30-8-5-4-6-9-30)34(26-10-14-28(38)15-11-26)50-35(40-37)27-12-16-29(17-13-27)49-20-7-19-42/h4-6,8-17,22-23,34,39,42H,7,18-21,24H2,1-3H3,(H,41,43)/t34-,37-/m0/s1. The largest absolute Gasteiger partial charge is 0.494 e. The number of aliphatic hydroxyl groups is 1. The van der Waals surface area contributed by atoms with Gasteiger partial charge in [0.15, 0.2) is 33.0 Å². The number of methoxy groups -OCH3 is 3. The minimum absolute atomic E-state index is 0.0155. The van der Waals surface area contributed by atoms with Crippen molar-refractivity contribution in [1.29, 1.82) is 0 Å². The number of hydrogen-bond donors (Lipinski definition) is 3. The maximum absolute atomic E-state index is 14.5. The van der Waals surface area contributed by atoms with Crippen LogP contribution in [0.4, 0.5) is 0 Å². The molecule has 1 aliphatic rings. The first kappa shape index (κ1) is 37.6. The molecule has 0 saturated carbocycles. The molecule has 0 bridgehead atoms. The van der Waals surface area contributed by atoms with Crippen LogP contribution in [0.25, 0.3) is 0 Å². The van der Waals surface area contributed by atoms with Crippen molar-refractivity contribution in [2.24, 2.45) is 4.99 Å². The van der Waals surface area contributed by atoms with Gasteiger partial charge in [-0.2, -0.15) is 0 Å². The monoisotopic (exact) mass is 781 g/mol. The van der Waals surface area contributed by atoms with Gasteiger partial charge < -0.3 is 28.8 Å². The number of carbonyl (C=O) groups excluding carboxylic acids is 1. The molecule has 1 amide bonds. The number of rotatable bonds is 17. The molecule has 0 aromatic heterocycles. The van der Waals surface area contributed by atoms with E-state index in [4.69, 9.17) is 33.8 Å². The summed E-state index contributed by atoms with van der Waals surface area (Å²) in [6, 6.07) is 25.8. The zero-order valence-corrected chi connectivity index (χ0v) is 30.8. The smallest absolute Gasteiger partial charge is 0.266 e. The van der Waals surface area contributed by atoms with E-state index in [-0.39, 0.29) is 36.1 Å². The molecule has 0 spiro atoms. The fourth-order valence-electron chi connectivity index (χ4n) is 5.62. The number of ether oxygens (including phenoxy) is 5. The highest BCUT2D eigenvalue weighted by Crippen LogP contribution is 2.43. The molecule has 0 radical (unpaired) electrons. The van der Waals surface area contributed by atoms with Crippen LogP contribution in [0.15, 0.2) is 105 Å². The van der Waals surface area contributed by atoms with E-state index >= 15 is 0 Å². The lowest BCUT2D eigenvalue weighted by molar-refractivity contribution is -0.130. The average molecular weight is 783 g/mol. The molecule has 0 aliphatic carbocycles. The third kappa shape index (κ3) is 8.82. The minimum Gasteiger partial charge on any atom is -0.494 e. The maximum atomic E-state index is 14.5. The summed E-state index contributed by atoms with van der Waals surface area (Å²) in [5.74, 6) is 1.10. The molecule has 1 aliphatic heterocycles. The molecule has 0 saturated heterocycles. The number of carbonyl (C=O) groups is 1. The van der Waals surface area contributed by atoms with Crippen molar-refractivity contribution in [3.63, 3.8) is 0 Å². The Morgan fingerprint density at radius 2 is 1.61 bits per heavy atom. The molecule has 270 valence electrons. The van der Waals surface area contributed by atoms with Crippen molar-refractivity contribution in [2.45, 2.75) is 35.9 Å². The van der Waals surface area contributed by atoms with Gasteiger partial charge in [-0.25, -0.2) is 18.8 Å². The number of hydrazine groups is 1.